The van der Waals surface area contributed by atoms with Gasteiger partial charge in [0.1, 0.15) is 0 Å². The van der Waals surface area contributed by atoms with Crippen LogP contribution in [0.15, 0.2) is 30.6 Å². The third-order valence-electron chi connectivity index (χ3n) is 5.32. The van der Waals surface area contributed by atoms with Crippen LogP contribution in [-0.2, 0) is 0 Å². The highest BCUT2D eigenvalue weighted by Gasteiger charge is 2.39. The number of hydrogen-bond acceptors (Lipinski definition) is 8. The Morgan fingerprint density at radius 2 is 1.90 bits per heavy atom. The fourth-order valence-corrected chi connectivity index (χ4v) is 5.48. The topological polar surface area (TPSA) is 82.3 Å². The molecule has 0 amide bonds. The van der Waals surface area contributed by atoms with Gasteiger partial charge < -0.3 is 15.5 Å². The Labute approximate surface area is 188 Å². The van der Waals surface area contributed by atoms with Gasteiger partial charge in [-0.3, -0.25) is 5.01 Å². The van der Waals surface area contributed by atoms with E-state index in [1.807, 2.05) is 25.2 Å². The molecule has 0 aliphatic carbocycles. The third kappa shape index (κ3) is 5.24. The van der Waals surface area contributed by atoms with Crippen LogP contribution in [0.2, 0.25) is 5.02 Å². The Morgan fingerprint density at radius 3 is 2.50 bits per heavy atom. The number of nitrogens with one attached hydrogen (secondary N) is 2. The van der Waals surface area contributed by atoms with E-state index in [-0.39, 0.29) is 11.1 Å². The molecule has 7 nitrogen and oxygen atoms in total. The number of piperidine rings is 1. The van der Waals surface area contributed by atoms with E-state index in [9.17, 15) is 0 Å². The zero-order chi connectivity index (χ0) is 22.1. The first-order chi connectivity index (χ1) is 14.0. The third-order valence-corrected chi connectivity index (χ3v) is 6.68. The van der Waals surface area contributed by atoms with E-state index >= 15 is 0 Å². The number of hydrogen-bond donors (Lipinski definition) is 3. The van der Waals surface area contributed by atoms with E-state index in [1.165, 1.54) is 5.01 Å². The molecule has 1 aliphatic heterocycles. The van der Waals surface area contributed by atoms with Crippen molar-refractivity contribution in [3.63, 3.8) is 0 Å². The highest BCUT2D eigenvalue weighted by Crippen LogP contribution is 2.38. The lowest BCUT2D eigenvalue weighted by Gasteiger charge is -2.48. The molecule has 0 spiro atoms. The van der Waals surface area contributed by atoms with Gasteiger partial charge in [-0.15, -0.1) is 10.2 Å². The highest BCUT2D eigenvalue weighted by molar-refractivity contribution is 7.18. The molecule has 1 saturated heterocycles. The Hall–Kier alpha value is -1.87. The maximum absolute atomic E-state index is 6.55. The van der Waals surface area contributed by atoms with Gasteiger partial charge in [0.2, 0.25) is 5.13 Å². The van der Waals surface area contributed by atoms with Crippen molar-refractivity contribution < 1.29 is 0 Å². The molecule has 2 aromatic rings. The molecule has 30 heavy (non-hydrogen) atoms. The molecule has 1 aromatic heterocycles. The number of nitrogens with zero attached hydrogens (tertiary/aromatic N) is 4. The number of benzene rings is 1. The molecule has 1 aromatic carbocycles. The van der Waals surface area contributed by atoms with E-state index in [2.05, 4.69) is 60.5 Å². The largest absolute Gasteiger partial charge is 0.393 e. The van der Waals surface area contributed by atoms with E-state index in [4.69, 9.17) is 17.4 Å². The summed E-state index contributed by atoms with van der Waals surface area (Å²) in [5.74, 6) is 6.02. The van der Waals surface area contributed by atoms with Crippen LogP contribution in [0.1, 0.15) is 40.5 Å². The fraction of sp³-hybridized carbons (Fsp3) is 0.524. The van der Waals surface area contributed by atoms with Crippen LogP contribution in [0.25, 0.3) is 10.6 Å². The summed E-state index contributed by atoms with van der Waals surface area (Å²) in [5, 5.41) is 19.3. The molecule has 9 heteroatoms. The molecule has 2 heterocycles. The van der Waals surface area contributed by atoms with E-state index in [0.29, 0.717) is 11.1 Å². The van der Waals surface area contributed by atoms with Crippen molar-refractivity contribution in [1.29, 1.82) is 0 Å². The van der Waals surface area contributed by atoms with Gasteiger partial charge in [0, 0.05) is 49.2 Å². The SMILES string of the molecule is CN/C=C\N(N)c1ccc(-c2nnc(N(C)C3CC(C)(C)NC(C)(C)C3)s2)c(Cl)c1. The number of hydrazine groups is 1. The second-order valence-electron chi connectivity index (χ2n) is 9.13. The van der Waals surface area contributed by atoms with Gasteiger partial charge in [-0.25, -0.2) is 5.84 Å². The average molecular weight is 450 g/mol. The second kappa shape index (κ2) is 8.70. The molecular formula is C21H32ClN7S. The van der Waals surface area contributed by atoms with Crippen LogP contribution in [0.4, 0.5) is 10.8 Å². The molecule has 0 atom stereocenters. The van der Waals surface area contributed by atoms with E-state index < -0.39 is 0 Å². The number of nitrogens with two attached hydrogens (primary N) is 1. The summed E-state index contributed by atoms with van der Waals surface area (Å²) in [5.41, 5.74) is 1.79. The summed E-state index contributed by atoms with van der Waals surface area (Å²) >= 11 is 8.11. The number of halogens is 1. The van der Waals surface area contributed by atoms with Crippen LogP contribution in [0, 0.1) is 0 Å². The van der Waals surface area contributed by atoms with Gasteiger partial charge in [-0.05, 0) is 58.7 Å². The molecule has 0 saturated carbocycles. The standard InChI is InChI=1S/C21H32ClN7S/c1-20(2)12-15(13-21(3,4)27-20)28(6)19-26-25-18(30-19)16-8-7-14(11-17(16)22)29(23)10-9-24-5/h7-11,15,24,27H,12-13,23H2,1-6H3/b10-9-. The summed E-state index contributed by atoms with van der Waals surface area (Å²) in [6, 6.07) is 6.08. The Kier molecular flexibility index (Phi) is 6.62. The normalized spacial score (nSPS) is 18.5. The van der Waals surface area contributed by atoms with Crippen molar-refractivity contribution in [2.45, 2.75) is 57.7 Å². The lowest BCUT2D eigenvalue weighted by molar-refractivity contribution is 0.161. The molecular weight excluding hydrogens is 418 g/mol. The van der Waals surface area contributed by atoms with Crippen LogP contribution < -0.4 is 26.4 Å². The van der Waals surface area contributed by atoms with Gasteiger partial charge in [0.25, 0.3) is 0 Å². The summed E-state index contributed by atoms with van der Waals surface area (Å²) in [4.78, 5) is 2.26. The minimum absolute atomic E-state index is 0.0726. The quantitative estimate of drug-likeness (QED) is 0.454. The summed E-state index contributed by atoms with van der Waals surface area (Å²) < 4.78 is 0. The number of anilines is 2. The summed E-state index contributed by atoms with van der Waals surface area (Å²) in [6.45, 7) is 9.03. The summed E-state index contributed by atoms with van der Waals surface area (Å²) in [6.07, 6.45) is 5.57. The average Bonchev–Trinajstić information content (AvgIpc) is 3.12. The number of aromatic nitrogens is 2. The van der Waals surface area contributed by atoms with Crippen LogP contribution in [0.5, 0.6) is 0 Å². The molecule has 0 radical (unpaired) electrons. The van der Waals surface area contributed by atoms with Crippen molar-refractivity contribution in [1.82, 2.24) is 20.8 Å². The second-order valence-corrected chi connectivity index (χ2v) is 10.5. The van der Waals surface area contributed by atoms with Crippen LogP contribution in [0.3, 0.4) is 0 Å². The molecule has 0 unspecified atom stereocenters. The molecule has 0 bridgehead atoms. The maximum Gasteiger partial charge on any atom is 0.208 e. The molecule has 3 rings (SSSR count). The minimum atomic E-state index is 0.0726. The van der Waals surface area contributed by atoms with Crippen LogP contribution in [-0.4, -0.2) is 41.4 Å². The first-order valence-corrected chi connectivity index (χ1v) is 11.2. The first kappa shape index (κ1) is 22.8. The van der Waals surface area contributed by atoms with Crippen molar-refractivity contribution in [2.24, 2.45) is 5.84 Å². The van der Waals surface area contributed by atoms with Gasteiger partial charge in [-0.2, -0.15) is 0 Å². The maximum atomic E-state index is 6.55. The molecule has 1 fully saturated rings. The van der Waals surface area contributed by atoms with E-state index in [0.717, 1.165) is 34.2 Å². The lowest BCUT2D eigenvalue weighted by atomic mass is 9.79. The van der Waals surface area contributed by atoms with Gasteiger partial charge in [0.15, 0.2) is 5.01 Å². The molecule has 4 N–H and O–H groups in total. The highest BCUT2D eigenvalue weighted by atomic mass is 35.5. The molecule has 164 valence electrons. The van der Waals surface area contributed by atoms with Crippen molar-refractivity contribution in [2.75, 3.05) is 24.0 Å². The zero-order valence-corrected chi connectivity index (χ0v) is 20.1. The van der Waals surface area contributed by atoms with Gasteiger partial charge in [0.05, 0.1) is 10.7 Å². The first-order valence-electron chi connectivity index (χ1n) is 10.0. The number of rotatable bonds is 6. The fourth-order valence-electron chi connectivity index (χ4n) is 4.24. The lowest BCUT2D eigenvalue weighted by Crippen LogP contribution is -2.61. The Bertz CT molecular complexity index is 893. The van der Waals surface area contributed by atoms with Crippen molar-refractivity contribution in [3.05, 3.63) is 35.6 Å². The Balaban J connectivity index is 1.80. The minimum Gasteiger partial charge on any atom is -0.393 e. The monoisotopic (exact) mass is 449 g/mol. The zero-order valence-electron chi connectivity index (χ0n) is 18.5. The van der Waals surface area contributed by atoms with Gasteiger partial charge >= 0.3 is 0 Å². The van der Waals surface area contributed by atoms with Crippen LogP contribution >= 0.6 is 22.9 Å². The van der Waals surface area contributed by atoms with E-state index in [1.54, 1.807) is 23.7 Å². The summed E-state index contributed by atoms with van der Waals surface area (Å²) in [7, 11) is 3.92. The predicted octanol–water partition coefficient (Wildman–Crippen LogP) is 3.97. The Morgan fingerprint density at radius 1 is 1.23 bits per heavy atom. The molecule has 1 aliphatic rings. The van der Waals surface area contributed by atoms with Crippen molar-refractivity contribution >= 4 is 33.8 Å². The predicted molar refractivity (Wildman–Crippen MR) is 128 cm³/mol. The smallest absolute Gasteiger partial charge is 0.208 e. The van der Waals surface area contributed by atoms with Crippen molar-refractivity contribution in [3.8, 4) is 10.6 Å². The van der Waals surface area contributed by atoms with Gasteiger partial charge in [-0.1, -0.05) is 22.9 Å².